The Bertz CT molecular complexity index is 427. The molecule has 3 aliphatic rings. The van der Waals surface area contributed by atoms with Gasteiger partial charge >= 0.3 is 0 Å². The second-order valence-corrected chi connectivity index (χ2v) is 7.09. The predicted molar refractivity (Wildman–Crippen MR) is 75.7 cm³/mol. The van der Waals surface area contributed by atoms with Crippen molar-refractivity contribution in [3.63, 3.8) is 0 Å². The molecule has 3 heteroatoms. The van der Waals surface area contributed by atoms with Crippen LogP contribution in [0.1, 0.15) is 39.0 Å². The van der Waals surface area contributed by atoms with E-state index in [0.29, 0.717) is 6.04 Å². The van der Waals surface area contributed by atoms with Crippen LogP contribution in [-0.2, 0) is 6.54 Å². The van der Waals surface area contributed by atoms with Crippen LogP contribution < -0.4 is 5.32 Å². The van der Waals surface area contributed by atoms with Gasteiger partial charge in [0.1, 0.15) is 0 Å². The van der Waals surface area contributed by atoms with Gasteiger partial charge in [-0.2, -0.15) is 0 Å². The van der Waals surface area contributed by atoms with Crippen LogP contribution in [-0.4, -0.2) is 21.6 Å². The lowest BCUT2D eigenvalue weighted by Gasteiger charge is -2.34. The fourth-order valence-electron chi connectivity index (χ4n) is 5.39. The lowest BCUT2D eigenvalue weighted by molar-refractivity contribution is 0.196. The summed E-state index contributed by atoms with van der Waals surface area (Å²) in [5.41, 5.74) is 0. The van der Waals surface area contributed by atoms with Gasteiger partial charge < -0.3 is 9.88 Å². The van der Waals surface area contributed by atoms with Crippen LogP contribution in [0.25, 0.3) is 0 Å². The Morgan fingerprint density at radius 1 is 1.26 bits per heavy atom. The number of fused-ring (bicyclic) bond motifs is 5. The normalized spacial score (nSPS) is 41.6. The fourth-order valence-corrected chi connectivity index (χ4v) is 5.39. The molecule has 0 aromatic carbocycles. The number of hydrogen-bond donors (Lipinski definition) is 1. The zero-order chi connectivity index (χ0) is 12.8. The third-order valence-corrected chi connectivity index (χ3v) is 5.97. The van der Waals surface area contributed by atoms with E-state index in [-0.39, 0.29) is 0 Å². The Morgan fingerprint density at radius 2 is 2.16 bits per heavy atom. The molecular formula is C16H25N3. The Balaban J connectivity index is 1.37. The maximum absolute atomic E-state index is 4.12. The molecule has 1 N–H and O–H groups in total. The number of imidazole rings is 1. The maximum atomic E-state index is 4.12. The molecular weight excluding hydrogens is 234 g/mol. The molecule has 1 heterocycles. The van der Waals surface area contributed by atoms with Gasteiger partial charge in [0.25, 0.3) is 0 Å². The predicted octanol–water partition coefficient (Wildman–Crippen LogP) is 2.69. The standard InChI is InChI=1S/C16H25N3/c1-11(9-19-6-5-17-10-19)18-16-8-12-7-15(16)14-4-2-3-13(12)14/h5-6,10-16,18H,2-4,7-9H2,1H3. The molecule has 0 radical (unpaired) electrons. The van der Waals surface area contributed by atoms with Crippen LogP contribution in [0.15, 0.2) is 18.7 Å². The molecule has 3 nitrogen and oxygen atoms in total. The Morgan fingerprint density at radius 3 is 3.00 bits per heavy atom. The minimum Gasteiger partial charge on any atom is -0.336 e. The second kappa shape index (κ2) is 4.62. The van der Waals surface area contributed by atoms with Gasteiger partial charge in [-0.15, -0.1) is 0 Å². The maximum Gasteiger partial charge on any atom is 0.0946 e. The van der Waals surface area contributed by atoms with E-state index in [9.17, 15) is 0 Å². The van der Waals surface area contributed by atoms with Gasteiger partial charge in [-0.05, 0) is 56.3 Å². The first-order chi connectivity index (χ1) is 9.31. The van der Waals surface area contributed by atoms with E-state index in [4.69, 9.17) is 0 Å². The SMILES string of the molecule is CC(Cn1ccnc1)NC1CC2CC1C1CCCC21. The van der Waals surface area contributed by atoms with Crippen molar-refractivity contribution < 1.29 is 0 Å². The smallest absolute Gasteiger partial charge is 0.0946 e. The van der Waals surface area contributed by atoms with Gasteiger partial charge in [0.05, 0.1) is 6.33 Å². The van der Waals surface area contributed by atoms with Crippen LogP contribution in [0.5, 0.6) is 0 Å². The van der Waals surface area contributed by atoms with Gasteiger partial charge in [-0.25, -0.2) is 4.98 Å². The van der Waals surface area contributed by atoms with Crippen LogP contribution in [0.4, 0.5) is 0 Å². The van der Waals surface area contributed by atoms with Gasteiger partial charge in [-0.3, -0.25) is 0 Å². The second-order valence-electron chi connectivity index (χ2n) is 7.09. The topological polar surface area (TPSA) is 29.9 Å². The molecule has 3 saturated carbocycles. The number of nitrogens with zero attached hydrogens (tertiary/aromatic N) is 2. The monoisotopic (exact) mass is 259 g/mol. The van der Waals surface area contributed by atoms with Gasteiger partial charge in [-0.1, -0.05) is 6.42 Å². The highest BCUT2D eigenvalue weighted by Crippen LogP contribution is 2.58. The molecule has 0 saturated heterocycles. The summed E-state index contributed by atoms with van der Waals surface area (Å²) in [6.07, 6.45) is 13.4. The highest BCUT2D eigenvalue weighted by atomic mass is 15.1. The molecule has 3 fully saturated rings. The van der Waals surface area contributed by atoms with Crippen molar-refractivity contribution >= 4 is 0 Å². The molecule has 3 aliphatic carbocycles. The van der Waals surface area contributed by atoms with E-state index in [1.165, 1.54) is 32.1 Å². The first-order valence-electron chi connectivity index (χ1n) is 8.03. The molecule has 4 rings (SSSR count). The van der Waals surface area contributed by atoms with Crippen molar-refractivity contribution in [3.8, 4) is 0 Å². The van der Waals surface area contributed by atoms with Crippen molar-refractivity contribution in [2.24, 2.45) is 23.7 Å². The fraction of sp³-hybridized carbons (Fsp3) is 0.812. The van der Waals surface area contributed by atoms with E-state index in [2.05, 4.69) is 28.0 Å². The third kappa shape index (κ3) is 2.03. The first kappa shape index (κ1) is 12.0. The van der Waals surface area contributed by atoms with Crippen molar-refractivity contribution in [3.05, 3.63) is 18.7 Å². The van der Waals surface area contributed by atoms with Crippen LogP contribution in [0.3, 0.4) is 0 Å². The van der Waals surface area contributed by atoms with E-state index in [1.54, 1.807) is 0 Å². The summed E-state index contributed by atoms with van der Waals surface area (Å²) in [7, 11) is 0. The van der Waals surface area contributed by atoms with Gasteiger partial charge in [0.15, 0.2) is 0 Å². The molecule has 1 aromatic rings. The minimum absolute atomic E-state index is 0.554. The van der Waals surface area contributed by atoms with Crippen LogP contribution >= 0.6 is 0 Å². The van der Waals surface area contributed by atoms with Gasteiger partial charge in [0, 0.05) is 31.0 Å². The Hall–Kier alpha value is -0.830. The average molecular weight is 259 g/mol. The quantitative estimate of drug-likeness (QED) is 0.901. The molecule has 0 amide bonds. The molecule has 1 aromatic heterocycles. The van der Waals surface area contributed by atoms with Crippen molar-refractivity contribution in [2.75, 3.05) is 0 Å². The molecule has 2 bridgehead atoms. The van der Waals surface area contributed by atoms with Crippen molar-refractivity contribution in [2.45, 2.75) is 57.7 Å². The van der Waals surface area contributed by atoms with Crippen LogP contribution in [0.2, 0.25) is 0 Å². The summed E-state index contributed by atoms with van der Waals surface area (Å²) in [5.74, 6) is 4.21. The summed E-state index contributed by atoms with van der Waals surface area (Å²) < 4.78 is 2.18. The van der Waals surface area contributed by atoms with Gasteiger partial charge in [0.2, 0.25) is 0 Å². The summed E-state index contributed by atoms with van der Waals surface area (Å²) in [5, 5.41) is 3.91. The molecule has 104 valence electrons. The molecule has 19 heavy (non-hydrogen) atoms. The average Bonchev–Trinajstić information content (AvgIpc) is 3.10. The zero-order valence-electron chi connectivity index (χ0n) is 11.8. The van der Waals surface area contributed by atoms with Crippen LogP contribution in [0, 0.1) is 23.7 Å². The van der Waals surface area contributed by atoms with E-state index >= 15 is 0 Å². The molecule has 6 unspecified atom stereocenters. The number of nitrogens with one attached hydrogen (secondary N) is 1. The van der Waals surface area contributed by atoms with E-state index in [1.807, 2.05) is 12.5 Å². The lowest BCUT2D eigenvalue weighted by atomic mass is 9.79. The highest BCUT2D eigenvalue weighted by molar-refractivity contribution is 5.05. The van der Waals surface area contributed by atoms with Crippen molar-refractivity contribution in [1.29, 1.82) is 0 Å². The van der Waals surface area contributed by atoms with Crippen molar-refractivity contribution in [1.82, 2.24) is 14.9 Å². The van der Waals surface area contributed by atoms with E-state index < -0.39 is 0 Å². The zero-order valence-corrected chi connectivity index (χ0v) is 11.8. The highest BCUT2D eigenvalue weighted by Gasteiger charge is 2.53. The number of hydrogen-bond acceptors (Lipinski definition) is 2. The molecule has 0 spiro atoms. The van der Waals surface area contributed by atoms with E-state index in [0.717, 1.165) is 36.3 Å². The largest absolute Gasteiger partial charge is 0.336 e. The minimum atomic E-state index is 0.554. The Kier molecular flexibility index (Phi) is 2.91. The first-order valence-corrected chi connectivity index (χ1v) is 8.03. The third-order valence-electron chi connectivity index (χ3n) is 5.97. The summed E-state index contributed by atoms with van der Waals surface area (Å²) in [6, 6.07) is 1.35. The Labute approximate surface area is 115 Å². The number of aromatic nitrogens is 2. The molecule has 0 aliphatic heterocycles. The summed E-state index contributed by atoms with van der Waals surface area (Å²) >= 11 is 0. The molecule has 6 atom stereocenters. The number of rotatable bonds is 4. The summed E-state index contributed by atoms with van der Waals surface area (Å²) in [4.78, 5) is 4.12. The lowest BCUT2D eigenvalue weighted by Crippen LogP contribution is -2.44. The summed E-state index contributed by atoms with van der Waals surface area (Å²) in [6.45, 7) is 3.36.